The van der Waals surface area contributed by atoms with Crippen LogP contribution in [-0.2, 0) is 0 Å². The second-order valence-corrected chi connectivity index (χ2v) is 3.74. The Kier molecular flexibility index (Phi) is 5.01. The highest BCUT2D eigenvalue weighted by Gasteiger charge is 2.05. The number of halogens is 2. The Bertz CT molecular complexity index is 320. The molecule has 15 heavy (non-hydrogen) atoms. The average molecular weight is 250 g/mol. The van der Waals surface area contributed by atoms with Gasteiger partial charge in [0.05, 0.1) is 0 Å². The van der Waals surface area contributed by atoms with Crippen molar-refractivity contribution in [1.29, 1.82) is 0 Å². The van der Waals surface area contributed by atoms with Crippen LogP contribution in [0.3, 0.4) is 0 Å². The number of likely N-dealkylation sites (N-methyl/N-ethyl adjacent to an activating group) is 1. The van der Waals surface area contributed by atoms with Gasteiger partial charge in [-0.2, -0.15) is 4.98 Å². The summed E-state index contributed by atoms with van der Waals surface area (Å²) >= 11 is 11.4. The molecule has 0 aliphatic heterocycles. The molecule has 0 saturated heterocycles. The molecule has 0 bridgehead atoms. The van der Waals surface area contributed by atoms with Crippen molar-refractivity contribution in [3.63, 3.8) is 0 Å². The SMILES string of the molecule is CCN(C)CCNc1nc(Cl)nnc1Cl. The summed E-state index contributed by atoms with van der Waals surface area (Å²) in [5.41, 5.74) is 0. The van der Waals surface area contributed by atoms with Gasteiger partial charge in [-0.1, -0.05) is 18.5 Å². The lowest BCUT2D eigenvalue weighted by Gasteiger charge is -2.14. The quantitative estimate of drug-likeness (QED) is 0.859. The first-order valence-electron chi connectivity index (χ1n) is 4.61. The van der Waals surface area contributed by atoms with Crippen molar-refractivity contribution in [2.45, 2.75) is 6.92 Å². The summed E-state index contributed by atoms with van der Waals surface area (Å²) in [7, 11) is 2.04. The maximum Gasteiger partial charge on any atom is 0.245 e. The highest BCUT2D eigenvalue weighted by molar-refractivity contribution is 6.32. The molecular weight excluding hydrogens is 237 g/mol. The van der Waals surface area contributed by atoms with Crippen LogP contribution in [0.1, 0.15) is 6.92 Å². The number of nitrogens with zero attached hydrogens (tertiary/aromatic N) is 4. The molecule has 1 aromatic heterocycles. The second-order valence-electron chi connectivity index (χ2n) is 3.04. The van der Waals surface area contributed by atoms with Crippen molar-refractivity contribution in [3.05, 3.63) is 10.4 Å². The molecule has 0 aliphatic rings. The van der Waals surface area contributed by atoms with Crippen LogP contribution in [0.2, 0.25) is 10.4 Å². The molecule has 0 spiro atoms. The first-order valence-corrected chi connectivity index (χ1v) is 5.37. The minimum absolute atomic E-state index is 0.0887. The molecule has 0 saturated carbocycles. The second kappa shape index (κ2) is 6.05. The van der Waals surface area contributed by atoms with Gasteiger partial charge >= 0.3 is 0 Å². The first kappa shape index (κ1) is 12.4. The molecule has 5 nitrogen and oxygen atoms in total. The van der Waals surface area contributed by atoms with E-state index in [1.54, 1.807) is 0 Å². The van der Waals surface area contributed by atoms with E-state index < -0.39 is 0 Å². The Balaban J connectivity index is 2.46. The van der Waals surface area contributed by atoms with Crippen LogP contribution in [0.5, 0.6) is 0 Å². The van der Waals surface area contributed by atoms with Gasteiger partial charge in [0.1, 0.15) is 0 Å². The van der Waals surface area contributed by atoms with E-state index in [9.17, 15) is 0 Å². The highest BCUT2D eigenvalue weighted by atomic mass is 35.5. The Labute approximate surface area is 98.8 Å². The van der Waals surface area contributed by atoms with Gasteiger partial charge in [-0.05, 0) is 25.2 Å². The van der Waals surface area contributed by atoms with Crippen LogP contribution in [0.15, 0.2) is 0 Å². The molecule has 7 heteroatoms. The van der Waals surface area contributed by atoms with E-state index in [2.05, 4.69) is 32.3 Å². The summed E-state index contributed by atoms with van der Waals surface area (Å²) in [4.78, 5) is 6.09. The Morgan fingerprint density at radius 1 is 1.33 bits per heavy atom. The lowest BCUT2D eigenvalue weighted by Crippen LogP contribution is -2.25. The fraction of sp³-hybridized carbons (Fsp3) is 0.625. The normalized spacial score (nSPS) is 10.7. The topological polar surface area (TPSA) is 53.9 Å². The largest absolute Gasteiger partial charge is 0.366 e. The van der Waals surface area contributed by atoms with Gasteiger partial charge in [0.15, 0.2) is 11.0 Å². The Morgan fingerprint density at radius 3 is 2.73 bits per heavy atom. The summed E-state index contributed by atoms with van der Waals surface area (Å²) in [6.45, 7) is 4.72. The molecule has 0 unspecified atom stereocenters. The predicted molar refractivity (Wildman–Crippen MR) is 61.5 cm³/mol. The van der Waals surface area contributed by atoms with E-state index in [-0.39, 0.29) is 10.4 Å². The molecule has 0 atom stereocenters. The third kappa shape index (κ3) is 4.15. The Morgan fingerprint density at radius 2 is 2.07 bits per heavy atom. The number of anilines is 1. The molecule has 1 N–H and O–H groups in total. The lowest BCUT2D eigenvalue weighted by molar-refractivity contribution is 0.367. The zero-order chi connectivity index (χ0) is 11.3. The third-order valence-corrected chi connectivity index (χ3v) is 2.36. The van der Waals surface area contributed by atoms with Gasteiger partial charge in [-0.15, -0.1) is 10.2 Å². The summed E-state index contributed by atoms with van der Waals surface area (Å²) in [6, 6.07) is 0. The smallest absolute Gasteiger partial charge is 0.245 e. The van der Waals surface area contributed by atoms with E-state index >= 15 is 0 Å². The zero-order valence-corrected chi connectivity index (χ0v) is 10.2. The molecule has 84 valence electrons. The fourth-order valence-electron chi connectivity index (χ4n) is 0.929. The molecule has 1 rings (SSSR count). The van der Waals surface area contributed by atoms with Crippen LogP contribution < -0.4 is 5.32 Å². The molecule has 1 heterocycles. The maximum atomic E-state index is 5.77. The van der Waals surface area contributed by atoms with Crippen LogP contribution in [0, 0.1) is 0 Å². The van der Waals surface area contributed by atoms with Crippen molar-refractivity contribution < 1.29 is 0 Å². The van der Waals surface area contributed by atoms with Crippen molar-refractivity contribution in [2.75, 3.05) is 32.0 Å². The monoisotopic (exact) mass is 249 g/mol. The number of hydrogen-bond donors (Lipinski definition) is 1. The maximum absolute atomic E-state index is 5.77. The van der Waals surface area contributed by atoms with Gasteiger partial charge in [0, 0.05) is 13.1 Å². The van der Waals surface area contributed by atoms with E-state index in [1.165, 1.54) is 0 Å². The fourth-order valence-corrected chi connectivity index (χ4v) is 1.20. The van der Waals surface area contributed by atoms with Crippen molar-refractivity contribution in [1.82, 2.24) is 20.1 Å². The molecule has 0 radical (unpaired) electrons. The third-order valence-electron chi connectivity index (χ3n) is 1.95. The van der Waals surface area contributed by atoms with Gasteiger partial charge in [-0.25, -0.2) is 0 Å². The molecule has 0 fully saturated rings. The molecule has 1 aromatic rings. The summed E-state index contributed by atoms with van der Waals surface area (Å²) < 4.78 is 0. The number of hydrogen-bond acceptors (Lipinski definition) is 5. The number of nitrogens with one attached hydrogen (secondary N) is 1. The minimum atomic E-state index is 0.0887. The Hall–Kier alpha value is -0.650. The van der Waals surface area contributed by atoms with E-state index in [1.807, 2.05) is 7.05 Å². The van der Waals surface area contributed by atoms with E-state index in [4.69, 9.17) is 23.2 Å². The van der Waals surface area contributed by atoms with Crippen LogP contribution in [-0.4, -0.2) is 46.8 Å². The average Bonchev–Trinajstić information content (AvgIpc) is 2.23. The van der Waals surface area contributed by atoms with Crippen molar-refractivity contribution >= 4 is 29.0 Å². The van der Waals surface area contributed by atoms with E-state index in [0.29, 0.717) is 5.82 Å². The van der Waals surface area contributed by atoms with Crippen molar-refractivity contribution in [2.24, 2.45) is 0 Å². The lowest BCUT2D eigenvalue weighted by atomic mass is 10.5. The number of rotatable bonds is 5. The predicted octanol–water partition coefficient (Wildman–Crippen LogP) is 1.54. The summed E-state index contributed by atoms with van der Waals surface area (Å²) in [5, 5.41) is 10.5. The molecule has 0 aliphatic carbocycles. The molecule has 0 aromatic carbocycles. The van der Waals surface area contributed by atoms with Crippen LogP contribution >= 0.6 is 23.2 Å². The molecular formula is C8H13Cl2N5. The van der Waals surface area contributed by atoms with Crippen LogP contribution in [0.25, 0.3) is 0 Å². The van der Waals surface area contributed by atoms with Gasteiger partial charge in [-0.3, -0.25) is 0 Å². The highest BCUT2D eigenvalue weighted by Crippen LogP contribution is 2.15. The van der Waals surface area contributed by atoms with Gasteiger partial charge in [0.2, 0.25) is 5.28 Å². The molecule has 0 amide bonds. The zero-order valence-electron chi connectivity index (χ0n) is 8.67. The van der Waals surface area contributed by atoms with Crippen LogP contribution in [0.4, 0.5) is 5.82 Å². The number of aromatic nitrogens is 3. The van der Waals surface area contributed by atoms with Crippen molar-refractivity contribution in [3.8, 4) is 0 Å². The first-order chi connectivity index (χ1) is 7.13. The van der Waals surface area contributed by atoms with E-state index in [0.717, 1.165) is 19.6 Å². The minimum Gasteiger partial charge on any atom is -0.366 e. The summed E-state index contributed by atoms with van der Waals surface area (Å²) in [5.74, 6) is 0.473. The van der Waals surface area contributed by atoms with Gasteiger partial charge in [0.25, 0.3) is 0 Å². The summed E-state index contributed by atoms with van der Waals surface area (Å²) in [6.07, 6.45) is 0. The standard InChI is InChI=1S/C8H13Cl2N5/c1-3-15(2)5-4-11-7-6(9)13-14-8(10)12-7/h3-5H2,1-2H3,(H,11,12,14). The van der Waals surface area contributed by atoms with Gasteiger partial charge < -0.3 is 10.2 Å².